The van der Waals surface area contributed by atoms with Gasteiger partial charge in [0.05, 0.1) is 21.7 Å². The molecule has 1 aromatic carbocycles. The Hall–Kier alpha value is -3.20. The molecule has 29 heavy (non-hydrogen) atoms. The summed E-state index contributed by atoms with van der Waals surface area (Å²) in [6.45, 7) is 0.492. The molecule has 0 aliphatic carbocycles. The standard InChI is InChI=1S/C20H17F2N5OS/c21-18(22)19-26-14-4-3-13(10-15(14)27-19)20(28)24-7-1-2-17-25-16(11-29-17)12-5-8-23-9-6-12/h3-6,8-11,18H,1-2,7H2,(H,24,28)(H,26,27). The molecule has 1 amide bonds. The van der Waals surface area contributed by atoms with Crippen LogP contribution < -0.4 is 5.32 Å². The van der Waals surface area contributed by atoms with Gasteiger partial charge in [-0.15, -0.1) is 11.3 Å². The monoisotopic (exact) mass is 413 g/mol. The van der Waals surface area contributed by atoms with E-state index in [1.54, 1.807) is 35.9 Å². The minimum Gasteiger partial charge on any atom is -0.352 e. The van der Waals surface area contributed by atoms with Gasteiger partial charge in [0.25, 0.3) is 12.3 Å². The normalized spacial score (nSPS) is 11.3. The topological polar surface area (TPSA) is 83.6 Å². The molecule has 4 aromatic rings. The van der Waals surface area contributed by atoms with Gasteiger partial charge in [-0.25, -0.2) is 18.7 Å². The Morgan fingerprint density at radius 2 is 2.00 bits per heavy atom. The van der Waals surface area contributed by atoms with Crippen LogP contribution in [-0.2, 0) is 6.42 Å². The van der Waals surface area contributed by atoms with Crippen LogP contribution in [0.2, 0.25) is 0 Å². The fourth-order valence-electron chi connectivity index (χ4n) is 2.90. The third-order valence-electron chi connectivity index (χ3n) is 4.35. The van der Waals surface area contributed by atoms with Crippen molar-refractivity contribution >= 4 is 28.3 Å². The second kappa shape index (κ2) is 8.44. The van der Waals surface area contributed by atoms with Crippen molar-refractivity contribution in [2.75, 3.05) is 6.54 Å². The number of nitrogens with one attached hydrogen (secondary N) is 2. The van der Waals surface area contributed by atoms with E-state index in [1.165, 1.54) is 6.07 Å². The van der Waals surface area contributed by atoms with E-state index >= 15 is 0 Å². The number of halogens is 2. The summed E-state index contributed by atoms with van der Waals surface area (Å²) in [6.07, 6.45) is 2.30. The number of aromatic amines is 1. The maximum absolute atomic E-state index is 12.7. The van der Waals surface area contributed by atoms with Gasteiger partial charge in [0.1, 0.15) is 0 Å². The van der Waals surface area contributed by atoms with Gasteiger partial charge in [-0.1, -0.05) is 0 Å². The largest absolute Gasteiger partial charge is 0.352 e. The molecule has 3 heterocycles. The molecule has 4 rings (SSSR count). The summed E-state index contributed by atoms with van der Waals surface area (Å²) in [4.78, 5) is 27.3. The summed E-state index contributed by atoms with van der Waals surface area (Å²) in [5.41, 5.74) is 3.17. The number of thiazole rings is 1. The molecule has 0 bridgehead atoms. The van der Waals surface area contributed by atoms with Crippen LogP contribution in [0.25, 0.3) is 22.3 Å². The zero-order chi connectivity index (χ0) is 20.2. The number of nitrogens with zero attached hydrogens (tertiary/aromatic N) is 3. The van der Waals surface area contributed by atoms with Crippen LogP contribution in [0.4, 0.5) is 8.78 Å². The van der Waals surface area contributed by atoms with Crippen LogP contribution in [0.1, 0.15) is 34.0 Å². The molecule has 3 aromatic heterocycles. The third-order valence-corrected chi connectivity index (χ3v) is 5.26. The molecule has 0 saturated carbocycles. The van der Waals surface area contributed by atoms with E-state index < -0.39 is 12.2 Å². The first kappa shape index (κ1) is 19.1. The number of fused-ring (bicyclic) bond motifs is 1. The number of aryl methyl sites for hydroxylation is 1. The van der Waals surface area contributed by atoms with Gasteiger partial charge in [-0.2, -0.15) is 0 Å². The van der Waals surface area contributed by atoms with Gasteiger partial charge in [0.2, 0.25) is 0 Å². The second-order valence-corrected chi connectivity index (χ2v) is 7.32. The van der Waals surface area contributed by atoms with Crippen molar-refractivity contribution in [2.45, 2.75) is 19.3 Å². The summed E-state index contributed by atoms with van der Waals surface area (Å²) >= 11 is 1.59. The van der Waals surface area contributed by atoms with Gasteiger partial charge in [0, 0.05) is 41.9 Å². The maximum atomic E-state index is 12.7. The molecule has 0 fully saturated rings. The van der Waals surface area contributed by atoms with Crippen LogP contribution in [0, 0.1) is 0 Å². The number of pyridine rings is 1. The Bertz CT molecular complexity index is 1130. The number of hydrogen-bond donors (Lipinski definition) is 2. The van der Waals surface area contributed by atoms with Crippen molar-refractivity contribution in [3.63, 3.8) is 0 Å². The van der Waals surface area contributed by atoms with Gasteiger partial charge < -0.3 is 10.3 Å². The van der Waals surface area contributed by atoms with Crippen LogP contribution in [0.15, 0.2) is 48.1 Å². The Balaban J connectivity index is 1.30. The molecule has 0 spiro atoms. The van der Waals surface area contributed by atoms with Crippen LogP contribution in [0.5, 0.6) is 0 Å². The van der Waals surface area contributed by atoms with Crippen molar-refractivity contribution in [1.29, 1.82) is 0 Å². The molecule has 2 N–H and O–H groups in total. The van der Waals surface area contributed by atoms with Crippen molar-refractivity contribution in [2.24, 2.45) is 0 Å². The number of rotatable bonds is 7. The lowest BCUT2D eigenvalue weighted by molar-refractivity contribution is 0.0953. The second-order valence-electron chi connectivity index (χ2n) is 6.38. The summed E-state index contributed by atoms with van der Waals surface area (Å²) < 4.78 is 25.5. The van der Waals surface area contributed by atoms with E-state index in [-0.39, 0.29) is 5.91 Å². The summed E-state index contributed by atoms with van der Waals surface area (Å²) in [5.74, 6) is -0.649. The van der Waals surface area contributed by atoms with E-state index in [9.17, 15) is 13.6 Å². The van der Waals surface area contributed by atoms with Crippen molar-refractivity contribution in [3.05, 3.63) is 64.5 Å². The number of H-pyrrole nitrogens is 1. The summed E-state index contributed by atoms with van der Waals surface area (Å²) in [7, 11) is 0. The Morgan fingerprint density at radius 3 is 2.79 bits per heavy atom. The number of imidazole rings is 1. The SMILES string of the molecule is O=C(NCCCc1nc(-c2ccncc2)cs1)c1ccc2nc(C(F)F)[nH]c2c1. The highest BCUT2D eigenvalue weighted by molar-refractivity contribution is 7.09. The first-order chi connectivity index (χ1) is 14.1. The molecule has 0 unspecified atom stereocenters. The summed E-state index contributed by atoms with van der Waals surface area (Å²) in [6, 6.07) is 8.50. The number of hydrogen-bond acceptors (Lipinski definition) is 5. The molecule has 6 nitrogen and oxygen atoms in total. The number of carbonyl (C=O) groups is 1. The van der Waals surface area contributed by atoms with Gasteiger partial charge >= 0.3 is 0 Å². The highest BCUT2D eigenvalue weighted by Gasteiger charge is 2.14. The number of aromatic nitrogens is 4. The minimum absolute atomic E-state index is 0.253. The zero-order valence-electron chi connectivity index (χ0n) is 15.2. The van der Waals surface area contributed by atoms with Crippen LogP contribution >= 0.6 is 11.3 Å². The maximum Gasteiger partial charge on any atom is 0.295 e. The average Bonchev–Trinajstić information content (AvgIpc) is 3.38. The number of alkyl halides is 2. The van der Waals surface area contributed by atoms with Crippen molar-refractivity contribution in [3.8, 4) is 11.3 Å². The quantitative estimate of drug-likeness (QED) is 0.441. The van der Waals surface area contributed by atoms with E-state index in [0.717, 1.165) is 29.1 Å². The summed E-state index contributed by atoms with van der Waals surface area (Å²) in [5, 5.41) is 5.86. The Labute approximate surface area is 169 Å². The van der Waals surface area contributed by atoms with E-state index in [0.29, 0.717) is 23.1 Å². The van der Waals surface area contributed by atoms with E-state index in [1.807, 2.05) is 17.5 Å². The van der Waals surface area contributed by atoms with Crippen molar-refractivity contribution < 1.29 is 13.6 Å². The molecule has 0 aliphatic heterocycles. The molecule has 0 saturated heterocycles. The van der Waals surface area contributed by atoms with Crippen LogP contribution in [0.3, 0.4) is 0 Å². The van der Waals surface area contributed by atoms with Gasteiger partial charge in [-0.3, -0.25) is 9.78 Å². The smallest absolute Gasteiger partial charge is 0.295 e. The van der Waals surface area contributed by atoms with Gasteiger partial charge in [0.15, 0.2) is 5.82 Å². The molecule has 0 aliphatic rings. The minimum atomic E-state index is -2.68. The van der Waals surface area contributed by atoms with Crippen molar-refractivity contribution in [1.82, 2.24) is 25.3 Å². The first-order valence-corrected chi connectivity index (χ1v) is 9.89. The Kier molecular flexibility index (Phi) is 5.57. The predicted molar refractivity (Wildman–Crippen MR) is 107 cm³/mol. The number of benzene rings is 1. The lowest BCUT2D eigenvalue weighted by Gasteiger charge is -2.04. The van der Waals surface area contributed by atoms with E-state index in [2.05, 4.69) is 25.3 Å². The fourth-order valence-corrected chi connectivity index (χ4v) is 3.75. The lowest BCUT2D eigenvalue weighted by atomic mass is 10.2. The van der Waals surface area contributed by atoms with Gasteiger partial charge in [-0.05, 0) is 36.8 Å². The molecule has 0 radical (unpaired) electrons. The molecule has 148 valence electrons. The Morgan fingerprint density at radius 1 is 1.17 bits per heavy atom. The molecular formula is C20H17F2N5OS. The highest BCUT2D eigenvalue weighted by Crippen LogP contribution is 2.22. The lowest BCUT2D eigenvalue weighted by Crippen LogP contribution is -2.24. The fraction of sp³-hybridized carbons (Fsp3) is 0.200. The van der Waals surface area contributed by atoms with Crippen LogP contribution in [-0.4, -0.2) is 32.4 Å². The van der Waals surface area contributed by atoms with E-state index in [4.69, 9.17) is 0 Å². The number of carbonyl (C=O) groups excluding carboxylic acids is 1. The molecule has 9 heteroatoms. The first-order valence-electron chi connectivity index (χ1n) is 9.01. The molecule has 0 atom stereocenters. The highest BCUT2D eigenvalue weighted by atomic mass is 32.1. The molecular weight excluding hydrogens is 396 g/mol. The average molecular weight is 413 g/mol. The predicted octanol–water partition coefficient (Wildman–Crippen LogP) is 4.38. The zero-order valence-corrected chi connectivity index (χ0v) is 16.0. The third kappa shape index (κ3) is 4.45. The number of amides is 1.